The summed E-state index contributed by atoms with van der Waals surface area (Å²) in [5.41, 5.74) is 8.48. The Morgan fingerprint density at radius 3 is 2.81 bits per heavy atom. The highest BCUT2D eigenvalue weighted by molar-refractivity contribution is 5.88. The smallest absolute Gasteiger partial charge is 0.137 e. The third-order valence-corrected chi connectivity index (χ3v) is 3.34. The molecule has 2 aromatic carbocycles. The summed E-state index contributed by atoms with van der Waals surface area (Å²) in [4.78, 5) is 8.31. The Morgan fingerprint density at radius 1 is 1.10 bits per heavy atom. The number of fused-ring (bicyclic) bond motifs is 1. The number of rotatable bonds is 4. The molecule has 5 heteroatoms. The molecule has 1 heterocycles. The first-order valence-electron chi connectivity index (χ1n) is 6.71. The standard InChI is InChI=1S/C16H15FN4/c17-12-5-6-15-13(9-12)16(21-10-20-15)19-8-7-11-3-1-2-4-14(11)18/h1-6,9-10H,7-8,18H2,(H,19,20,21). The number of halogens is 1. The largest absolute Gasteiger partial charge is 0.399 e. The Bertz CT molecular complexity index is 773. The average molecular weight is 282 g/mol. The van der Waals surface area contributed by atoms with Crippen molar-refractivity contribution in [3.05, 3.63) is 60.2 Å². The fourth-order valence-corrected chi connectivity index (χ4v) is 2.25. The normalized spacial score (nSPS) is 10.7. The Balaban J connectivity index is 1.77. The predicted molar refractivity (Wildman–Crippen MR) is 82.5 cm³/mol. The van der Waals surface area contributed by atoms with Gasteiger partial charge in [-0.2, -0.15) is 0 Å². The molecule has 0 spiro atoms. The number of aromatic nitrogens is 2. The average Bonchev–Trinajstić information content (AvgIpc) is 2.49. The molecule has 3 rings (SSSR count). The fourth-order valence-electron chi connectivity index (χ4n) is 2.25. The van der Waals surface area contributed by atoms with Crippen LogP contribution in [0.25, 0.3) is 10.9 Å². The Morgan fingerprint density at radius 2 is 1.95 bits per heavy atom. The second-order valence-electron chi connectivity index (χ2n) is 4.76. The first-order valence-corrected chi connectivity index (χ1v) is 6.71. The van der Waals surface area contributed by atoms with E-state index in [0.29, 0.717) is 23.3 Å². The van der Waals surface area contributed by atoms with E-state index in [4.69, 9.17) is 5.73 Å². The molecule has 0 amide bonds. The lowest BCUT2D eigenvalue weighted by atomic mass is 10.1. The number of nitrogens with one attached hydrogen (secondary N) is 1. The second kappa shape index (κ2) is 5.75. The number of para-hydroxylation sites is 1. The molecule has 0 saturated carbocycles. The van der Waals surface area contributed by atoms with Crippen molar-refractivity contribution in [1.29, 1.82) is 0 Å². The third kappa shape index (κ3) is 2.91. The SMILES string of the molecule is Nc1ccccc1CCNc1ncnc2ccc(F)cc12. The Labute approximate surface area is 121 Å². The molecule has 3 N–H and O–H groups in total. The van der Waals surface area contributed by atoms with E-state index in [1.165, 1.54) is 18.5 Å². The van der Waals surface area contributed by atoms with Crippen molar-refractivity contribution in [3.63, 3.8) is 0 Å². The van der Waals surface area contributed by atoms with Crippen molar-refractivity contribution in [2.45, 2.75) is 6.42 Å². The number of nitrogens with two attached hydrogens (primary N) is 1. The maximum atomic E-state index is 13.4. The van der Waals surface area contributed by atoms with Crippen LogP contribution in [0.5, 0.6) is 0 Å². The van der Waals surface area contributed by atoms with Gasteiger partial charge in [-0.25, -0.2) is 14.4 Å². The van der Waals surface area contributed by atoms with Crippen molar-refractivity contribution < 1.29 is 4.39 Å². The second-order valence-corrected chi connectivity index (χ2v) is 4.76. The minimum absolute atomic E-state index is 0.298. The lowest BCUT2D eigenvalue weighted by molar-refractivity contribution is 0.629. The van der Waals surface area contributed by atoms with Gasteiger partial charge in [-0.3, -0.25) is 0 Å². The summed E-state index contributed by atoms with van der Waals surface area (Å²) >= 11 is 0. The molecule has 21 heavy (non-hydrogen) atoms. The summed E-state index contributed by atoms with van der Waals surface area (Å²) in [5, 5.41) is 3.90. The van der Waals surface area contributed by atoms with E-state index < -0.39 is 0 Å². The first-order chi connectivity index (χ1) is 10.2. The third-order valence-electron chi connectivity index (χ3n) is 3.34. The summed E-state index contributed by atoms with van der Waals surface area (Å²) in [5.74, 6) is 0.335. The maximum Gasteiger partial charge on any atom is 0.137 e. The van der Waals surface area contributed by atoms with Crippen LogP contribution in [0, 0.1) is 5.82 Å². The monoisotopic (exact) mass is 282 g/mol. The molecule has 0 aliphatic rings. The van der Waals surface area contributed by atoms with Gasteiger partial charge in [0.15, 0.2) is 0 Å². The summed E-state index contributed by atoms with van der Waals surface area (Å²) in [6, 6.07) is 12.2. The molecule has 106 valence electrons. The van der Waals surface area contributed by atoms with Crippen molar-refractivity contribution in [1.82, 2.24) is 9.97 Å². The minimum atomic E-state index is -0.298. The van der Waals surface area contributed by atoms with E-state index in [1.54, 1.807) is 6.07 Å². The molecule has 0 saturated heterocycles. The lowest BCUT2D eigenvalue weighted by Gasteiger charge is -2.09. The van der Waals surface area contributed by atoms with Crippen LogP contribution >= 0.6 is 0 Å². The van der Waals surface area contributed by atoms with Crippen LogP contribution in [0.2, 0.25) is 0 Å². The number of hydrogen-bond acceptors (Lipinski definition) is 4. The molecule has 3 aromatic rings. The van der Waals surface area contributed by atoms with Crippen molar-refractivity contribution in [2.24, 2.45) is 0 Å². The van der Waals surface area contributed by atoms with Gasteiger partial charge in [0.05, 0.1) is 5.52 Å². The van der Waals surface area contributed by atoms with E-state index in [2.05, 4.69) is 15.3 Å². The molecular formula is C16H15FN4. The fraction of sp³-hybridized carbons (Fsp3) is 0.125. The van der Waals surface area contributed by atoms with Gasteiger partial charge in [0.1, 0.15) is 18.0 Å². The van der Waals surface area contributed by atoms with Gasteiger partial charge in [0.25, 0.3) is 0 Å². The number of nitrogens with zero attached hydrogens (tertiary/aromatic N) is 2. The topological polar surface area (TPSA) is 63.8 Å². The van der Waals surface area contributed by atoms with E-state index in [1.807, 2.05) is 24.3 Å². The van der Waals surface area contributed by atoms with Gasteiger partial charge in [-0.1, -0.05) is 18.2 Å². The van der Waals surface area contributed by atoms with Gasteiger partial charge in [0.2, 0.25) is 0 Å². The van der Waals surface area contributed by atoms with E-state index in [-0.39, 0.29) is 5.82 Å². The van der Waals surface area contributed by atoms with Crippen LogP contribution in [-0.4, -0.2) is 16.5 Å². The molecule has 0 atom stereocenters. The van der Waals surface area contributed by atoms with Crippen molar-refractivity contribution in [3.8, 4) is 0 Å². The van der Waals surface area contributed by atoms with E-state index >= 15 is 0 Å². The van der Waals surface area contributed by atoms with Crippen LogP contribution in [-0.2, 0) is 6.42 Å². The van der Waals surface area contributed by atoms with Gasteiger partial charge in [-0.15, -0.1) is 0 Å². The van der Waals surface area contributed by atoms with Crippen LogP contribution in [0.1, 0.15) is 5.56 Å². The summed E-state index contributed by atoms with van der Waals surface area (Å²) in [7, 11) is 0. The molecule has 0 unspecified atom stereocenters. The zero-order valence-electron chi connectivity index (χ0n) is 11.4. The zero-order chi connectivity index (χ0) is 14.7. The summed E-state index contributed by atoms with van der Waals surface area (Å²) < 4.78 is 13.4. The van der Waals surface area contributed by atoms with Crippen LogP contribution in [0.4, 0.5) is 15.9 Å². The molecule has 0 radical (unpaired) electrons. The molecule has 0 aliphatic heterocycles. The number of nitrogen functional groups attached to an aromatic ring is 1. The van der Waals surface area contributed by atoms with Crippen LogP contribution < -0.4 is 11.1 Å². The van der Waals surface area contributed by atoms with Gasteiger partial charge in [-0.05, 0) is 36.2 Å². The van der Waals surface area contributed by atoms with Crippen LogP contribution in [0.15, 0.2) is 48.8 Å². The quantitative estimate of drug-likeness (QED) is 0.722. The Hall–Kier alpha value is -2.69. The highest BCUT2D eigenvalue weighted by atomic mass is 19.1. The Kier molecular flexibility index (Phi) is 3.64. The van der Waals surface area contributed by atoms with Crippen molar-refractivity contribution >= 4 is 22.4 Å². The van der Waals surface area contributed by atoms with Crippen molar-refractivity contribution in [2.75, 3.05) is 17.6 Å². The number of hydrogen-bond donors (Lipinski definition) is 2. The minimum Gasteiger partial charge on any atom is -0.399 e. The lowest BCUT2D eigenvalue weighted by Crippen LogP contribution is -2.08. The molecular weight excluding hydrogens is 267 g/mol. The first kappa shape index (κ1) is 13.3. The molecule has 0 fully saturated rings. The number of anilines is 2. The van der Waals surface area contributed by atoms with E-state index in [0.717, 1.165) is 17.7 Å². The highest BCUT2D eigenvalue weighted by Gasteiger charge is 2.05. The van der Waals surface area contributed by atoms with E-state index in [9.17, 15) is 4.39 Å². The molecule has 4 nitrogen and oxygen atoms in total. The molecule has 0 bridgehead atoms. The molecule has 1 aromatic heterocycles. The van der Waals surface area contributed by atoms with Gasteiger partial charge < -0.3 is 11.1 Å². The predicted octanol–water partition coefficient (Wildman–Crippen LogP) is 3.01. The van der Waals surface area contributed by atoms with Gasteiger partial charge in [0, 0.05) is 17.6 Å². The number of benzene rings is 2. The summed E-state index contributed by atoms with van der Waals surface area (Å²) in [6.45, 7) is 0.664. The maximum absolute atomic E-state index is 13.4. The van der Waals surface area contributed by atoms with Gasteiger partial charge >= 0.3 is 0 Å². The van der Waals surface area contributed by atoms with Crippen LogP contribution in [0.3, 0.4) is 0 Å². The highest BCUT2D eigenvalue weighted by Crippen LogP contribution is 2.20. The zero-order valence-corrected chi connectivity index (χ0v) is 11.4. The molecule has 0 aliphatic carbocycles. The summed E-state index contributed by atoms with van der Waals surface area (Å²) in [6.07, 6.45) is 2.24.